The normalized spacial score (nSPS) is 11.0. The fraction of sp³-hybridized carbons (Fsp3) is 0.444. The number of nitrogens with one attached hydrogen (secondary N) is 1. The molecule has 0 atom stereocenters. The molecular weight excluding hydrogens is 324 g/mol. The van der Waals surface area contributed by atoms with Gasteiger partial charge in [-0.1, -0.05) is 35.1 Å². The molecular formula is C18H24N2O3S. The third-order valence-corrected chi connectivity index (χ3v) is 4.66. The van der Waals surface area contributed by atoms with E-state index in [2.05, 4.69) is 18.0 Å². The van der Waals surface area contributed by atoms with Gasteiger partial charge in [0.25, 0.3) is 0 Å². The van der Waals surface area contributed by atoms with Gasteiger partial charge in [0.15, 0.2) is 0 Å². The molecule has 0 aliphatic rings. The molecule has 0 aliphatic carbocycles. The average molecular weight is 348 g/mol. The van der Waals surface area contributed by atoms with Crippen LogP contribution in [0.2, 0.25) is 0 Å². The summed E-state index contributed by atoms with van der Waals surface area (Å²) < 4.78 is 4.95. The van der Waals surface area contributed by atoms with Gasteiger partial charge in [0.05, 0.1) is 18.7 Å². The molecule has 0 bridgehead atoms. The van der Waals surface area contributed by atoms with Crippen LogP contribution in [0.5, 0.6) is 0 Å². The smallest absolute Gasteiger partial charge is 0.307 e. The molecule has 0 radical (unpaired) electrons. The van der Waals surface area contributed by atoms with Crippen LogP contribution in [0.15, 0.2) is 23.0 Å². The number of esters is 1. The maximum atomic E-state index is 11.9. The first-order valence-corrected chi connectivity index (χ1v) is 8.86. The van der Waals surface area contributed by atoms with Crippen molar-refractivity contribution in [1.82, 2.24) is 9.88 Å². The minimum atomic E-state index is -0.193. The average Bonchev–Trinajstić information content (AvgIpc) is 2.86. The number of aryl methyl sites for hydroxylation is 2. The molecule has 0 aliphatic heterocycles. The van der Waals surface area contributed by atoms with Gasteiger partial charge >= 0.3 is 10.8 Å². The van der Waals surface area contributed by atoms with Crippen LogP contribution >= 0.6 is 11.3 Å². The molecule has 24 heavy (non-hydrogen) atoms. The Balaban J connectivity index is 2.14. The molecule has 0 spiro atoms. The number of aromatic nitrogens is 1. The molecule has 1 aromatic heterocycles. The highest BCUT2D eigenvalue weighted by Crippen LogP contribution is 2.27. The van der Waals surface area contributed by atoms with Gasteiger partial charge in [0.2, 0.25) is 0 Å². The quantitative estimate of drug-likeness (QED) is 0.781. The molecule has 2 rings (SSSR count). The van der Waals surface area contributed by atoms with E-state index in [0.717, 1.165) is 21.7 Å². The molecule has 2 aromatic rings. The minimum absolute atomic E-state index is 0.0567. The Morgan fingerprint density at radius 3 is 2.75 bits per heavy atom. The second-order valence-corrected chi connectivity index (χ2v) is 6.99. The van der Waals surface area contributed by atoms with Crippen LogP contribution in [0.25, 0.3) is 11.3 Å². The van der Waals surface area contributed by atoms with Crippen molar-refractivity contribution in [1.29, 1.82) is 0 Å². The summed E-state index contributed by atoms with van der Waals surface area (Å²) in [4.78, 5) is 29.2. The lowest BCUT2D eigenvalue weighted by atomic mass is 10.0. The molecule has 0 fully saturated rings. The van der Waals surface area contributed by atoms with E-state index in [9.17, 15) is 9.59 Å². The molecule has 1 heterocycles. The molecule has 1 aromatic carbocycles. The first-order valence-electron chi connectivity index (χ1n) is 8.04. The van der Waals surface area contributed by atoms with Gasteiger partial charge in [-0.15, -0.1) is 0 Å². The van der Waals surface area contributed by atoms with Gasteiger partial charge < -0.3 is 14.6 Å². The van der Waals surface area contributed by atoms with E-state index < -0.39 is 0 Å². The van der Waals surface area contributed by atoms with Crippen molar-refractivity contribution in [2.24, 2.45) is 0 Å². The largest absolute Gasteiger partial charge is 0.466 e. The Labute approximate surface area is 146 Å². The van der Waals surface area contributed by atoms with Gasteiger partial charge in [-0.2, -0.15) is 0 Å². The van der Waals surface area contributed by atoms with Crippen LogP contribution in [0.4, 0.5) is 0 Å². The molecule has 5 nitrogen and oxygen atoms in total. The SMILES string of the molecule is CCOC(=O)CCN(C)Cc1sc(=O)[nH]c1-c1ccc(C)cc1C. The fourth-order valence-electron chi connectivity index (χ4n) is 2.62. The Hall–Kier alpha value is -1.92. The maximum absolute atomic E-state index is 11.9. The lowest BCUT2D eigenvalue weighted by molar-refractivity contribution is -0.143. The second-order valence-electron chi connectivity index (χ2n) is 5.92. The van der Waals surface area contributed by atoms with Gasteiger partial charge in [0, 0.05) is 23.5 Å². The topological polar surface area (TPSA) is 62.4 Å². The number of carbonyl (C=O) groups excluding carboxylic acids is 1. The van der Waals surface area contributed by atoms with E-state index in [0.29, 0.717) is 26.1 Å². The molecule has 0 saturated carbocycles. The summed E-state index contributed by atoms with van der Waals surface area (Å²) in [6.45, 7) is 7.51. The molecule has 1 N–H and O–H groups in total. The number of benzene rings is 1. The van der Waals surface area contributed by atoms with E-state index >= 15 is 0 Å². The lowest BCUT2D eigenvalue weighted by Gasteiger charge is -2.16. The molecule has 0 unspecified atom stereocenters. The number of hydrogen-bond donors (Lipinski definition) is 1. The highest BCUT2D eigenvalue weighted by atomic mass is 32.1. The summed E-state index contributed by atoms with van der Waals surface area (Å²) in [6, 6.07) is 6.21. The van der Waals surface area contributed by atoms with Crippen molar-refractivity contribution in [3.05, 3.63) is 43.9 Å². The third kappa shape index (κ3) is 4.79. The molecule has 0 amide bonds. The molecule has 6 heteroatoms. The zero-order valence-electron chi connectivity index (χ0n) is 14.6. The van der Waals surface area contributed by atoms with Crippen molar-refractivity contribution >= 4 is 17.3 Å². The standard InChI is InChI=1S/C18H24N2O3S/c1-5-23-16(21)8-9-20(4)11-15-17(19-18(22)24-15)14-7-6-12(2)10-13(14)3/h6-7,10H,5,8-9,11H2,1-4H3,(H,19,22). The van der Waals surface area contributed by atoms with Crippen LogP contribution in [0, 0.1) is 13.8 Å². The summed E-state index contributed by atoms with van der Waals surface area (Å²) in [5.74, 6) is -0.193. The van der Waals surface area contributed by atoms with E-state index in [1.807, 2.05) is 31.0 Å². The predicted molar refractivity (Wildman–Crippen MR) is 97.4 cm³/mol. The third-order valence-electron chi connectivity index (χ3n) is 3.79. The van der Waals surface area contributed by atoms with Crippen LogP contribution in [0.1, 0.15) is 29.3 Å². The molecule has 130 valence electrons. The summed E-state index contributed by atoms with van der Waals surface area (Å²) in [5.41, 5.74) is 4.26. The van der Waals surface area contributed by atoms with Gasteiger partial charge in [-0.3, -0.25) is 9.59 Å². The Morgan fingerprint density at radius 2 is 2.08 bits per heavy atom. The van der Waals surface area contributed by atoms with Crippen LogP contribution < -0.4 is 4.87 Å². The van der Waals surface area contributed by atoms with Crippen LogP contribution in [-0.4, -0.2) is 36.1 Å². The van der Waals surface area contributed by atoms with Crippen molar-refractivity contribution in [3.8, 4) is 11.3 Å². The first-order chi connectivity index (χ1) is 11.4. The number of ether oxygens (including phenoxy) is 1. The molecule has 0 saturated heterocycles. The fourth-order valence-corrected chi connectivity index (χ4v) is 3.55. The van der Waals surface area contributed by atoms with Gasteiger partial charge in [-0.05, 0) is 33.4 Å². The number of rotatable bonds is 7. The number of thiazole rings is 1. The van der Waals surface area contributed by atoms with Crippen molar-refractivity contribution in [2.75, 3.05) is 20.2 Å². The second kappa shape index (κ2) is 8.26. The first kappa shape index (κ1) is 18.4. The van der Waals surface area contributed by atoms with E-state index in [-0.39, 0.29) is 10.8 Å². The number of hydrogen-bond acceptors (Lipinski definition) is 5. The van der Waals surface area contributed by atoms with Gasteiger partial charge in [0.1, 0.15) is 0 Å². The number of H-pyrrole nitrogens is 1. The van der Waals surface area contributed by atoms with E-state index in [1.54, 1.807) is 6.92 Å². The van der Waals surface area contributed by atoms with Crippen molar-refractivity contribution < 1.29 is 9.53 Å². The van der Waals surface area contributed by atoms with E-state index in [4.69, 9.17) is 4.74 Å². The Bertz CT molecular complexity index is 764. The highest BCUT2D eigenvalue weighted by Gasteiger charge is 2.15. The number of carbonyl (C=O) groups is 1. The van der Waals surface area contributed by atoms with Crippen LogP contribution in [0.3, 0.4) is 0 Å². The van der Waals surface area contributed by atoms with E-state index in [1.165, 1.54) is 16.9 Å². The number of nitrogens with zero attached hydrogens (tertiary/aromatic N) is 1. The lowest BCUT2D eigenvalue weighted by Crippen LogP contribution is -2.22. The van der Waals surface area contributed by atoms with Gasteiger partial charge in [-0.25, -0.2) is 0 Å². The number of aromatic amines is 1. The van der Waals surface area contributed by atoms with Crippen molar-refractivity contribution in [2.45, 2.75) is 33.7 Å². The summed E-state index contributed by atoms with van der Waals surface area (Å²) in [6.07, 6.45) is 0.350. The Morgan fingerprint density at radius 1 is 1.33 bits per heavy atom. The van der Waals surface area contributed by atoms with Crippen LogP contribution in [-0.2, 0) is 16.1 Å². The van der Waals surface area contributed by atoms with Crippen molar-refractivity contribution in [3.63, 3.8) is 0 Å². The Kier molecular flexibility index (Phi) is 6.34. The zero-order chi connectivity index (χ0) is 17.7. The maximum Gasteiger partial charge on any atom is 0.307 e. The summed E-state index contributed by atoms with van der Waals surface area (Å²) >= 11 is 1.23. The highest BCUT2D eigenvalue weighted by molar-refractivity contribution is 7.09. The zero-order valence-corrected chi connectivity index (χ0v) is 15.5. The summed E-state index contributed by atoms with van der Waals surface area (Å²) in [5, 5.41) is 0. The monoisotopic (exact) mass is 348 g/mol. The summed E-state index contributed by atoms with van der Waals surface area (Å²) in [7, 11) is 1.94. The minimum Gasteiger partial charge on any atom is -0.466 e. The predicted octanol–water partition coefficient (Wildman–Crippen LogP) is 3.11.